The summed E-state index contributed by atoms with van der Waals surface area (Å²) in [5.41, 5.74) is 5.49. The largest absolute Gasteiger partial charge is 0.508 e. The summed E-state index contributed by atoms with van der Waals surface area (Å²) < 4.78 is 0. The van der Waals surface area contributed by atoms with Crippen LogP contribution in [-0.4, -0.2) is 26.6 Å². The molecule has 1 aromatic rings. The fourth-order valence-electron chi connectivity index (χ4n) is 0.631. The molecule has 0 spiro atoms. The van der Waals surface area contributed by atoms with Gasteiger partial charge in [-0.25, -0.2) is 10.4 Å². The molecule has 0 bridgehead atoms. The highest BCUT2D eigenvalue weighted by Crippen LogP contribution is 2.16. The molecule has 0 heterocycles. The van der Waals surface area contributed by atoms with E-state index in [0.717, 1.165) is 0 Å². The van der Waals surface area contributed by atoms with Gasteiger partial charge in [0.2, 0.25) is 5.96 Å². The number of rotatable bonds is 1. The monoisotopic (exact) mass is 228 g/mol. The molecule has 16 heavy (non-hydrogen) atoms. The van der Waals surface area contributed by atoms with E-state index in [0.29, 0.717) is 5.69 Å². The van der Waals surface area contributed by atoms with Crippen LogP contribution in [0.5, 0.6) is 5.75 Å². The Balaban J connectivity index is 0.000000487. The van der Waals surface area contributed by atoms with Gasteiger partial charge in [0, 0.05) is 0 Å². The normalized spacial score (nSPS) is 9.25. The number of phenolic OH excluding ortho intramolecular Hbond substituents is 1. The topological polar surface area (TPSA) is 155 Å². The number of azo groups is 1. The van der Waals surface area contributed by atoms with Gasteiger partial charge >= 0.3 is 5.09 Å². The van der Waals surface area contributed by atoms with E-state index in [-0.39, 0.29) is 11.7 Å². The molecule has 0 atom stereocenters. The number of hydrogen-bond acceptors (Lipinski definition) is 4. The highest BCUT2D eigenvalue weighted by atomic mass is 16.9. The van der Waals surface area contributed by atoms with Crippen molar-refractivity contribution in [1.82, 2.24) is 0 Å². The minimum Gasteiger partial charge on any atom is -0.508 e. The number of nitrogens with zero attached hydrogens (tertiary/aromatic N) is 3. The van der Waals surface area contributed by atoms with E-state index in [4.69, 9.17) is 31.6 Å². The SMILES string of the molecule is N=C(N)N=Nc1ccc(O)cc1.O=[N+](O)O. The van der Waals surface area contributed by atoms with E-state index in [1.807, 2.05) is 0 Å². The van der Waals surface area contributed by atoms with Gasteiger partial charge in [-0.05, 0) is 24.3 Å². The molecule has 1 rings (SSSR count). The third kappa shape index (κ3) is 7.91. The first-order valence-corrected chi connectivity index (χ1v) is 3.81. The van der Waals surface area contributed by atoms with E-state index in [2.05, 4.69) is 10.2 Å². The molecule has 9 heteroatoms. The second-order valence-corrected chi connectivity index (χ2v) is 2.35. The lowest BCUT2D eigenvalue weighted by Crippen LogP contribution is -2.03. The van der Waals surface area contributed by atoms with Crippen LogP contribution in [0, 0.1) is 10.3 Å². The van der Waals surface area contributed by atoms with Crippen molar-refractivity contribution in [2.45, 2.75) is 0 Å². The Morgan fingerprint density at radius 1 is 1.31 bits per heavy atom. The van der Waals surface area contributed by atoms with E-state index < -0.39 is 5.09 Å². The Bertz CT molecular complexity index is 384. The molecule has 0 unspecified atom stereocenters. The predicted molar refractivity (Wildman–Crippen MR) is 51.7 cm³/mol. The van der Waals surface area contributed by atoms with Gasteiger partial charge in [-0.2, -0.15) is 0 Å². The van der Waals surface area contributed by atoms with Gasteiger partial charge < -0.3 is 10.8 Å². The van der Waals surface area contributed by atoms with Crippen LogP contribution in [0.4, 0.5) is 5.69 Å². The summed E-state index contributed by atoms with van der Waals surface area (Å²) in [5.74, 6) is -0.181. The second-order valence-electron chi connectivity index (χ2n) is 2.35. The third-order valence-corrected chi connectivity index (χ3v) is 1.12. The molecular formula is C7H10N5O4+. The van der Waals surface area contributed by atoms with Crippen molar-refractivity contribution in [2.24, 2.45) is 16.0 Å². The summed E-state index contributed by atoms with van der Waals surface area (Å²) in [6, 6.07) is 6.10. The first-order chi connectivity index (χ1) is 7.41. The number of nitrogens with two attached hydrogens (primary N) is 1. The van der Waals surface area contributed by atoms with E-state index in [1.54, 1.807) is 12.1 Å². The Labute approximate surface area is 89.5 Å². The van der Waals surface area contributed by atoms with Crippen LogP contribution in [0.15, 0.2) is 34.5 Å². The van der Waals surface area contributed by atoms with Gasteiger partial charge in [-0.3, -0.25) is 5.41 Å². The predicted octanol–water partition coefficient (Wildman–Crippen LogP) is 0.913. The molecule has 0 amide bonds. The molecule has 86 valence electrons. The molecule has 0 aliphatic rings. The van der Waals surface area contributed by atoms with Gasteiger partial charge in [0.25, 0.3) is 0 Å². The van der Waals surface area contributed by atoms with Gasteiger partial charge in [-0.15, -0.1) is 10.2 Å². The molecule has 0 saturated heterocycles. The molecular weight excluding hydrogens is 218 g/mol. The maximum atomic E-state index is 8.89. The summed E-state index contributed by atoms with van der Waals surface area (Å²) in [4.78, 5) is 8.47. The Morgan fingerprint density at radius 2 is 1.75 bits per heavy atom. The van der Waals surface area contributed by atoms with Gasteiger partial charge in [-0.1, -0.05) is 0 Å². The molecule has 9 nitrogen and oxygen atoms in total. The highest BCUT2D eigenvalue weighted by Gasteiger charge is 1.89. The lowest BCUT2D eigenvalue weighted by molar-refractivity contribution is -0.969. The van der Waals surface area contributed by atoms with E-state index in [9.17, 15) is 0 Å². The molecule has 1 aromatic carbocycles. The van der Waals surface area contributed by atoms with Crippen LogP contribution in [0.3, 0.4) is 0 Å². The third-order valence-electron chi connectivity index (χ3n) is 1.12. The van der Waals surface area contributed by atoms with Crippen molar-refractivity contribution in [3.05, 3.63) is 29.2 Å². The van der Waals surface area contributed by atoms with Crippen molar-refractivity contribution in [3.8, 4) is 5.75 Å². The van der Waals surface area contributed by atoms with Crippen LogP contribution >= 0.6 is 0 Å². The quantitative estimate of drug-likeness (QED) is 0.209. The molecule has 0 radical (unpaired) electrons. The number of nitrogens with one attached hydrogen (secondary N) is 1. The minimum absolute atomic E-state index is 0.164. The van der Waals surface area contributed by atoms with Crippen LogP contribution in [0.25, 0.3) is 0 Å². The smallest absolute Gasteiger partial charge is 0.472 e. The Morgan fingerprint density at radius 3 is 2.12 bits per heavy atom. The summed E-state index contributed by atoms with van der Waals surface area (Å²) in [5, 5.41) is 35.1. The fraction of sp³-hybridized carbons (Fsp3) is 0. The van der Waals surface area contributed by atoms with Crippen LogP contribution in [0.2, 0.25) is 0 Å². The zero-order valence-corrected chi connectivity index (χ0v) is 7.98. The van der Waals surface area contributed by atoms with E-state index >= 15 is 0 Å². The zero-order chi connectivity index (χ0) is 12.6. The second kappa shape index (κ2) is 6.70. The minimum atomic E-state index is -1.25. The molecule has 0 aliphatic carbocycles. The van der Waals surface area contributed by atoms with Crippen LogP contribution < -0.4 is 5.73 Å². The average molecular weight is 228 g/mol. The van der Waals surface area contributed by atoms with Gasteiger partial charge in [0.05, 0.1) is 5.69 Å². The summed E-state index contributed by atoms with van der Waals surface area (Å²) >= 11 is 0. The molecule has 6 N–H and O–H groups in total. The molecule has 0 fully saturated rings. The number of aromatic hydroxyl groups is 1. The Kier molecular flexibility index (Phi) is 5.57. The standard InChI is InChI=1S/C7H8N4O.H2NO3/c8-7(9)11-10-5-1-3-6(12)4-2-5;2-1(3)4/h1-4,12H,(H3,8,9);(H2,2,3,4)/q;+1. The lowest BCUT2D eigenvalue weighted by atomic mass is 10.3. The molecule has 0 aliphatic heterocycles. The van der Waals surface area contributed by atoms with E-state index in [1.165, 1.54) is 12.1 Å². The van der Waals surface area contributed by atoms with Gasteiger partial charge in [0.15, 0.2) is 0 Å². The van der Waals surface area contributed by atoms with Crippen molar-refractivity contribution >= 4 is 11.6 Å². The molecule has 0 aromatic heterocycles. The number of hydrogen-bond donors (Lipinski definition) is 5. The van der Waals surface area contributed by atoms with Crippen molar-refractivity contribution in [1.29, 1.82) is 5.41 Å². The average Bonchev–Trinajstić information content (AvgIpc) is 2.16. The number of guanidine groups is 1. The van der Waals surface area contributed by atoms with Gasteiger partial charge in [0.1, 0.15) is 10.7 Å². The fourth-order valence-corrected chi connectivity index (χ4v) is 0.631. The summed E-state index contributed by atoms with van der Waals surface area (Å²) in [6.45, 7) is 0. The van der Waals surface area contributed by atoms with Crippen molar-refractivity contribution in [3.63, 3.8) is 0 Å². The van der Waals surface area contributed by atoms with Crippen molar-refractivity contribution in [2.75, 3.05) is 0 Å². The maximum Gasteiger partial charge on any atom is 0.472 e. The first kappa shape index (κ1) is 13.3. The highest BCUT2D eigenvalue weighted by molar-refractivity contribution is 5.74. The number of phenols is 1. The van der Waals surface area contributed by atoms with Crippen molar-refractivity contribution < 1.29 is 20.6 Å². The summed E-state index contributed by atoms with van der Waals surface area (Å²) in [6.07, 6.45) is 0. The molecule has 0 saturated carbocycles. The number of benzene rings is 1. The zero-order valence-electron chi connectivity index (χ0n) is 7.98. The van der Waals surface area contributed by atoms with Crippen LogP contribution in [0.1, 0.15) is 0 Å². The maximum absolute atomic E-state index is 8.89. The lowest BCUT2D eigenvalue weighted by Gasteiger charge is -1.91. The Hall–Kier alpha value is -2.71. The summed E-state index contributed by atoms with van der Waals surface area (Å²) in [7, 11) is 0. The van der Waals surface area contributed by atoms with Crippen LogP contribution in [-0.2, 0) is 0 Å². The first-order valence-electron chi connectivity index (χ1n) is 3.81.